The highest BCUT2D eigenvalue weighted by molar-refractivity contribution is 6.23. The zero-order chi connectivity index (χ0) is 53.0. The summed E-state index contributed by atoms with van der Waals surface area (Å²) in [6.07, 6.45) is 0. The maximum Gasteiger partial charge on any atom is 0.341 e. The standard InChI is InChI=1S/C31H28N2O4.C20H15NO.C11H14ClNO3.CH4/c1-20-29(30(34)24-13-8-10-21-9-4-5-11-23(21)24)25-12-6-7-14-27(25)33(20)18-17-32-22-15-16-28(36-2)26(19-22)31(35)37-3;1-13-19(17-10-4-5-12-18(17)21-13)20(22)16-11-6-8-14-7-2-3-9-15(14)16;1-15-10-4-3-8(13-6-5-12)7-9(10)11(14)16-2;/h4-16,19,32H,17-18H2,1-3H3;2-12,21H,1H3;3-4,7,13H,5-6H2,1-2H3;1H4. The molecule has 0 saturated carbocycles. The fraction of sp³-hybridized carbons (Fsp3) is 0.175. The molecule has 0 amide bonds. The lowest BCUT2D eigenvalue weighted by atomic mass is 9.95. The lowest BCUT2D eigenvalue weighted by Gasteiger charge is -2.13. The largest absolute Gasteiger partial charge is 0.496 e. The second-order valence-electron chi connectivity index (χ2n) is 17.4. The highest BCUT2D eigenvalue weighted by Gasteiger charge is 2.23. The van der Waals surface area contributed by atoms with Crippen molar-refractivity contribution in [2.75, 3.05) is 58.0 Å². The summed E-state index contributed by atoms with van der Waals surface area (Å²) in [6.45, 7) is 5.82. The number of benzene rings is 8. The molecule has 3 N–H and O–H groups in total. The van der Waals surface area contributed by atoms with Gasteiger partial charge in [0.25, 0.3) is 0 Å². The summed E-state index contributed by atoms with van der Waals surface area (Å²) in [5, 5.41) is 12.5. The first-order valence-electron chi connectivity index (χ1n) is 24.3. The number of anilines is 2. The molecule has 10 rings (SSSR count). The lowest BCUT2D eigenvalue weighted by molar-refractivity contribution is 0.0588. The third-order valence-corrected chi connectivity index (χ3v) is 13.1. The Morgan fingerprint density at radius 3 is 1.50 bits per heavy atom. The quantitative estimate of drug-likeness (QED) is 0.0514. The molecule has 8 aromatic carbocycles. The molecule has 0 saturated heterocycles. The number of hydrogen-bond acceptors (Lipinski definition) is 10. The van der Waals surface area contributed by atoms with Gasteiger partial charge in [-0.15, -0.1) is 11.6 Å². The van der Waals surface area contributed by atoms with Crippen LogP contribution in [0.15, 0.2) is 170 Å². The Hall–Kier alpha value is -8.87. The molecule has 0 atom stereocenters. The van der Waals surface area contributed by atoms with Crippen molar-refractivity contribution in [3.8, 4) is 11.5 Å². The average Bonchev–Trinajstić information content (AvgIpc) is 3.96. The van der Waals surface area contributed by atoms with Crippen LogP contribution in [0.3, 0.4) is 0 Å². The van der Waals surface area contributed by atoms with Gasteiger partial charge in [-0.05, 0) is 83.9 Å². The Morgan fingerprint density at radius 2 is 0.974 bits per heavy atom. The van der Waals surface area contributed by atoms with Crippen LogP contribution in [0.25, 0.3) is 43.4 Å². The number of para-hydroxylation sites is 2. The van der Waals surface area contributed by atoms with Crippen LogP contribution in [0.5, 0.6) is 11.5 Å². The molecule has 76 heavy (non-hydrogen) atoms. The molecule has 388 valence electrons. The number of aryl methyl sites for hydroxylation is 1. The molecular formula is C63H61ClN4O8. The van der Waals surface area contributed by atoms with Gasteiger partial charge < -0.3 is 39.1 Å². The van der Waals surface area contributed by atoms with Gasteiger partial charge in [-0.25, -0.2) is 9.59 Å². The maximum atomic E-state index is 13.9. The second kappa shape index (κ2) is 25.4. The van der Waals surface area contributed by atoms with Gasteiger partial charge in [0, 0.05) is 81.2 Å². The van der Waals surface area contributed by atoms with Crippen LogP contribution in [-0.4, -0.2) is 80.5 Å². The molecule has 2 heterocycles. The summed E-state index contributed by atoms with van der Waals surface area (Å²) >= 11 is 5.56. The van der Waals surface area contributed by atoms with Gasteiger partial charge in [0.1, 0.15) is 22.6 Å². The summed E-state index contributed by atoms with van der Waals surface area (Å²) in [7, 11) is 5.71. The molecule has 0 aliphatic carbocycles. The first kappa shape index (κ1) is 54.9. The Labute approximate surface area is 447 Å². The molecule has 0 bridgehead atoms. The van der Waals surface area contributed by atoms with E-state index in [1.807, 2.05) is 159 Å². The van der Waals surface area contributed by atoms with Crippen LogP contribution in [0.2, 0.25) is 0 Å². The predicted molar refractivity (Wildman–Crippen MR) is 308 cm³/mol. The SMILES string of the molecule is C.COC(=O)c1cc(NCCCl)ccc1OC.COC(=O)c1cc(NCCn2c(C)c(C(=O)c3cccc4ccccc34)c3ccccc32)ccc1OC.Cc1[nH]c2ccccc2c1C(=O)c1cccc2ccccc12. The number of alkyl halides is 1. The monoisotopic (exact) mass is 1040 g/mol. The minimum absolute atomic E-state index is 0. The van der Waals surface area contributed by atoms with E-state index < -0.39 is 11.9 Å². The molecule has 13 heteroatoms. The second-order valence-corrected chi connectivity index (χ2v) is 17.7. The zero-order valence-corrected chi connectivity index (χ0v) is 43.3. The average molecular weight is 1040 g/mol. The van der Waals surface area contributed by atoms with Crippen LogP contribution in [0.1, 0.15) is 71.4 Å². The molecule has 12 nitrogen and oxygen atoms in total. The third-order valence-electron chi connectivity index (χ3n) is 12.9. The Bertz CT molecular complexity index is 3700. The van der Waals surface area contributed by atoms with Gasteiger partial charge in [-0.2, -0.15) is 0 Å². The molecular weight excluding hydrogens is 976 g/mol. The number of rotatable bonds is 15. The number of ketones is 2. The normalized spacial score (nSPS) is 10.6. The van der Waals surface area contributed by atoms with Crippen LogP contribution in [-0.2, 0) is 16.0 Å². The molecule has 0 fully saturated rings. The number of ether oxygens (including phenoxy) is 4. The van der Waals surface area contributed by atoms with Crippen LogP contribution >= 0.6 is 11.6 Å². The molecule has 2 aromatic heterocycles. The van der Waals surface area contributed by atoms with Crippen molar-refractivity contribution in [3.63, 3.8) is 0 Å². The van der Waals surface area contributed by atoms with Gasteiger partial charge in [-0.3, -0.25) is 9.59 Å². The number of carbonyl (C=O) groups is 4. The number of fused-ring (bicyclic) bond motifs is 4. The topological polar surface area (TPSA) is 150 Å². The molecule has 0 radical (unpaired) electrons. The summed E-state index contributed by atoms with van der Waals surface area (Å²) in [4.78, 5) is 53.9. The Balaban J connectivity index is 0.000000183. The first-order chi connectivity index (χ1) is 36.5. The summed E-state index contributed by atoms with van der Waals surface area (Å²) in [5.74, 6) is 0.668. The first-order valence-corrected chi connectivity index (χ1v) is 24.8. The lowest BCUT2D eigenvalue weighted by Crippen LogP contribution is -2.13. The Kier molecular flexibility index (Phi) is 18.3. The Morgan fingerprint density at radius 1 is 0.513 bits per heavy atom. The number of H-pyrrole nitrogens is 1. The van der Waals surface area contributed by atoms with Crippen molar-refractivity contribution in [2.24, 2.45) is 0 Å². The van der Waals surface area contributed by atoms with Crippen molar-refractivity contribution in [1.29, 1.82) is 0 Å². The van der Waals surface area contributed by atoms with Crippen LogP contribution in [0, 0.1) is 13.8 Å². The maximum absolute atomic E-state index is 13.9. The minimum Gasteiger partial charge on any atom is -0.496 e. The number of hydrogen-bond donors (Lipinski definition) is 3. The van der Waals surface area contributed by atoms with E-state index in [9.17, 15) is 19.2 Å². The fourth-order valence-electron chi connectivity index (χ4n) is 9.37. The summed E-state index contributed by atoms with van der Waals surface area (Å²) in [6, 6.07) is 54.2. The van der Waals surface area contributed by atoms with E-state index in [4.69, 9.17) is 25.8 Å². The van der Waals surface area contributed by atoms with Gasteiger partial charge in [-0.1, -0.05) is 129 Å². The third kappa shape index (κ3) is 11.7. The van der Waals surface area contributed by atoms with E-state index >= 15 is 0 Å². The molecule has 10 aromatic rings. The minimum atomic E-state index is -0.454. The molecule has 0 aliphatic rings. The predicted octanol–water partition coefficient (Wildman–Crippen LogP) is 13.9. The fourth-order valence-corrected chi connectivity index (χ4v) is 9.46. The number of aromatic amines is 1. The number of halogens is 1. The number of nitrogens with one attached hydrogen (secondary N) is 3. The van der Waals surface area contributed by atoms with E-state index in [-0.39, 0.29) is 19.0 Å². The van der Waals surface area contributed by atoms with Crippen LogP contribution < -0.4 is 20.1 Å². The smallest absolute Gasteiger partial charge is 0.341 e. The van der Waals surface area contributed by atoms with E-state index in [0.29, 0.717) is 53.7 Å². The van der Waals surface area contributed by atoms with Gasteiger partial charge in [0.2, 0.25) is 0 Å². The molecule has 0 unspecified atom stereocenters. The zero-order valence-electron chi connectivity index (χ0n) is 42.6. The highest BCUT2D eigenvalue weighted by atomic mass is 35.5. The van der Waals surface area contributed by atoms with E-state index in [2.05, 4.69) is 24.9 Å². The summed E-state index contributed by atoms with van der Waals surface area (Å²) in [5.41, 5.74) is 9.15. The number of esters is 2. The number of nitrogens with zero attached hydrogens (tertiary/aromatic N) is 1. The van der Waals surface area contributed by atoms with Gasteiger partial charge >= 0.3 is 11.9 Å². The number of methoxy groups -OCH3 is 4. The number of carbonyl (C=O) groups excluding carboxylic acids is 4. The highest BCUT2D eigenvalue weighted by Crippen LogP contribution is 2.32. The number of aromatic nitrogens is 2. The van der Waals surface area contributed by atoms with Crippen molar-refractivity contribution >= 4 is 89.8 Å². The van der Waals surface area contributed by atoms with Crippen molar-refractivity contribution in [2.45, 2.75) is 27.8 Å². The van der Waals surface area contributed by atoms with Crippen molar-refractivity contribution in [1.82, 2.24) is 9.55 Å². The molecule has 0 spiro atoms. The van der Waals surface area contributed by atoms with Gasteiger partial charge in [0.05, 0.1) is 39.6 Å². The van der Waals surface area contributed by atoms with Crippen molar-refractivity contribution < 1.29 is 38.1 Å². The van der Waals surface area contributed by atoms with Crippen molar-refractivity contribution in [3.05, 3.63) is 215 Å². The van der Waals surface area contributed by atoms with E-state index in [1.54, 1.807) is 24.3 Å². The summed E-state index contributed by atoms with van der Waals surface area (Å²) < 4.78 is 22.1. The van der Waals surface area contributed by atoms with E-state index in [1.165, 1.54) is 28.4 Å². The van der Waals surface area contributed by atoms with Gasteiger partial charge in [0.15, 0.2) is 11.6 Å². The van der Waals surface area contributed by atoms with E-state index in [0.717, 1.165) is 82.8 Å². The molecule has 0 aliphatic heterocycles. The van der Waals surface area contributed by atoms with Crippen LogP contribution in [0.4, 0.5) is 11.4 Å².